The first-order valence-electron chi connectivity index (χ1n) is 8.33. The monoisotopic (exact) mass is 380 g/mol. The Balaban J connectivity index is 2.09. The highest BCUT2D eigenvalue weighted by molar-refractivity contribution is 6.00. The van der Waals surface area contributed by atoms with Crippen molar-refractivity contribution >= 4 is 18.0 Å². The maximum atomic E-state index is 12.1. The van der Waals surface area contributed by atoms with Crippen LogP contribution in [0.3, 0.4) is 0 Å². The van der Waals surface area contributed by atoms with E-state index in [-0.39, 0.29) is 23.7 Å². The number of nitrogens with two attached hydrogens (primary N) is 1. The van der Waals surface area contributed by atoms with Gasteiger partial charge in [0.2, 0.25) is 0 Å². The molecule has 0 aromatic heterocycles. The Kier molecular flexibility index (Phi) is 6.77. The van der Waals surface area contributed by atoms with Gasteiger partial charge in [0.15, 0.2) is 18.1 Å². The Bertz CT molecular complexity index is 953. The second kappa shape index (κ2) is 9.24. The van der Waals surface area contributed by atoms with Gasteiger partial charge in [-0.05, 0) is 60.9 Å². The molecule has 0 heterocycles. The first-order chi connectivity index (χ1) is 13.3. The van der Waals surface area contributed by atoms with E-state index in [1.165, 1.54) is 25.3 Å². The van der Waals surface area contributed by atoms with Crippen molar-refractivity contribution in [3.63, 3.8) is 0 Å². The van der Waals surface area contributed by atoms with Gasteiger partial charge in [-0.3, -0.25) is 4.79 Å². The van der Waals surface area contributed by atoms with Gasteiger partial charge in [0, 0.05) is 0 Å². The number of hydrogen-bond donors (Lipinski definition) is 1. The van der Waals surface area contributed by atoms with Gasteiger partial charge in [0.1, 0.15) is 17.4 Å². The van der Waals surface area contributed by atoms with E-state index in [9.17, 15) is 9.59 Å². The van der Waals surface area contributed by atoms with Crippen LogP contribution in [0.15, 0.2) is 42.0 Å². The zero-order valence-electron chi connectivity index (χ0n) is 15.8. The van der Waals surface area contributed by atoms with Crippen LogP contribution in [0.25, 0.3) is 6.08 Å². The van der Waals surface area contributed by atoms with Crippen molar-refractivity contribution in [2.45, 2.75) is 13.8 Å². The normalized spacial score (nSPS) is 10.7. The number of methoxy groups -OCH3 is 1. The SMILES string of the molecule is COc1cc(/C=C(\C#N)C(N)=O)ccc1OC(=O)COc1cc(C)cc(C)c1. The minimum Gasteiger partial charge on any atom is -0.493 e. The van der Waals surface area contributed by atoms with Gasteiger partial charge in [-0.2, -0.15) is 5.26 Å². The van der Waals surface area contributed by atoms with E-state index in [0.717, 1.165) is 11.1 Å². The molecule has 0 aliphatic heterocycles. The van der Waals surface area contributed by atoms with Crippen LogP contribution in [0.1, 0.15) is 16.7 Å². The fourth-order valence-corrected chi connectivity index (χ4v) is 2.49. The van der Waals surface area contributed by atoms with Gasteiger partial charge in [-0.25, -0.2) is 4.79 Å². The number of benzene rings is 2. The van der Waals surface area contributed by atoms with E-state index in [2.05, 4.69) is 0 Å². The molecule has 0 radical (unpaired) electrons. The van der Waals surface area contributed by atoms with E-state index >= 15 is 0 Å². The highest BCUT2D eigenvalue weighted by Gasteiger charge is 2.12. The predicted molar refractivity (Wildman–Crippen MR) is 103 cm³/mol. The average Bonchev–Trinajstić information content (AvgIpc) is 2.64. The van der Waals surface area contributed by atoms with Gasteiger partial charge >= 0.3 is 5.97 Å². The standard InChI is InChI=1S/C21H20N2O5/c1-13-6-14(2)8-17(7-13)27-12-20(24)28-18-5-4-15(10-19(18)26-3)9-16(11-22)21(23)25/h4-10H,12H2,1-3H3,(H2,23,25)/b16-9+. The van der Waals surface area contributed by atoms with Crippen LogP contribution >= 0.6 is 0 Å². The van der Waals surface area contributed by atoms with E-state index in [1.807, 2.05) is 32.0 Å². The first-order valence-corrected chi connectivity index (χ1v) is 8.33. The molecule has 28 heavy (non-hydrogen) atoms. The van der Waals surface area contributed by atoms with Crippen LogP contribution in [0.4, 0.5) is 0 Å². The number of carbonyl (C=O) groups is 2. The van der Waals surface area contributed by atoms with E-state index < -0.39 is 11.9 Å². The molecule has 0 atom stereocenters. The summed E-state index contributed by atoms with van der Waals surface area (Å²) in [6, 6.07) is 12.0. The zero-order chi connectivity index (χ0) is 20.7. The molecule has 0 spiro atoms. The Hall–Kier alpha value is -3.79. The van der Waals surface area contributed by atoms with Crippen molar-refractivity contribution < 1.29 is 23.8 Å². The molecule has 2 aromatic rings. The molecule has 7 heteroatoms. The molecule has 7 nitrogen and oxygen atoms in total. The van der Waals surface area contributed by atoms with Crippen LogP contribution in [0.5, 0.6) is 17.2 Å². The largest absolute Gasteiger partial charge is 0.493 e. The molecular formula is C21H20N2O5. The molecule has 2 rings (SSSR count). The third-order valence-electron chi connectivity index (χ3n) is 3.66. The second-order valence-electron chi connectivity index (χ2n) is 6.03. The fraction of sp³-hybridized carbons (Fsp3) is 0.190. The molecule has 0 aliphatic rings. The number of esters is 1. The zero-order valence-corrected chi connectivity index (χ0v) is 15.8. The van der Waals surface area contributed by atoms with Gasteiger partial charge < -0.3 is 19.9 Å². The number of amides is 1. The molecule has 0 saturated carbocycles. The number of aryl methyl sites for hydroxylation is 2. The van der Waals surface area contributed by atoms with Crippen molar-refractivity contribution in [1.29, 1.82) is 5.26 Å². The Morgan fingerprint density at radius 3 is 2.36 bits per heavy atom. The summed E-state index contributed by atoms with van der Waals surface area (Å²) in [5.74, 6) is -0.407. The summed E-state index contributed by atoms with van der Waals surface area (Å²) in [6.07, 6.45) is 1.32. The summed E-state index contributed by atoms with van der Waals surface area (Å²) in [7, 11) is 1.41. The minimum atomic E-state index is -0.833. The molecular weight excluding hydrogens is 360 g/mol. The topological polar surface area (TPSA) is 112 Å². The van der Waals surface area contributed by atoms with Crippen LogP contribution in [0.2, 0.25) is 0 Å². The lowest BCUT2D eigenvalue weighted by Crippen LogP contribution is -2.18. The quantitative estimate of drug-likeness (QED) is 0.342. The average molecular weight is 380 g/mol. The fourth-order valence-electron chi connectivity index (χ4n) is 2.49. The van der Waals surface area contributed by atoms with Gasteiger partial charge in [-0.1, -0.05) is 12.1 Å². The second-order valence-corrected chi connectivity index (χ2v) is 6.03. The van der Waals surface area contributed by atoms with Crippen LogP contribution in [0, 0.1) is 25.2 Å². The summed E-state index contributed by atoms with van der Waals surface area (Å²) in [4.78, 5) is 23.3. The van der Waals surface area contributed by atoms with E-state index in [1.54, 1.807) is 12.1 Å². The van der Waals surface area contributed by atoms with Crippen molar-refractivity contribution in [3.05, 3.63) is 58.7 Å². The molecule has 0 fully saturated rings. The smallest absolute Gasteiger partial charge is 0.349 e. The lowest BCUT2D eigenvalue weighted by molar-refractivity contribution is -0.136. The number of ether oxygens (including phenoxy) is 3. The summed E-state index contributed by atoms with van der Waals surface area (Å²) in [5.41, 5.74) is 7.47. The van der Waals surface area contributed by atoms with Crippen molar-refractivity contribution in [1.82, 2.24) is 0 Å². The lowest BCUT2D eigenvalue weighted by Gasteiger charge is -2.11. The van der Waals surface area contributed by atoms with Gasteiger partial charge in [0.05, 0.1) is 7.11 Å². The highest BCUT2D eigenvalue weighted by Crippen LogP contribution is 2.29. The number of nitriles is 1. The number of rotatable bonds is 7. The Morgan fingerprint density at radius 2 is 1.79 bits per heavy atom. The third-order valence-corrected chi connectivity index (χ3v) is 3.66. The van der Waals surface area contributed by atoms with Crippen LogP contribution < -0.4 is 19.9 Å². The molecule has 2 aromatic carbocycles. The summed E-state index contributed by atoms with van der Waals surface area (Å²) >= 11 is 0. The van der Waals surface area contributed by atoms with E-state index in [0.29, 0.717) is 11.3 Å². The molecule has 144 valence electrons. The number of carbonyl (C=O) groups excluding carboxylic acids is 2. The number of hydrogen-bond acceptors (Lipinski definition) is 6. The summed E-state index contributed by atoms with van der Waals surface area (Å²) < 4.78 is 16.0. The maximum absolute atomic E-state index is 12.1. The van der Waals surface area contributed by atoms with Crippen molar-refractivity contribution in [3.8, 4) is 23.3 Å². The molecule has 2 N–H and O–H groups in total. The predicted octanol–water partition coefficient (Wildman–Crippen LogP) is 2.69. The van der Waals surface area contributed by atoms with E-state index in [4.69, 9.17) is 25.2 Å². The van der Waals surface area contributed by atoms with Gasteiger partial charge in [0.25, 0.3) is 5.91 Å². The van der Waals surface area contributed by atoms with Crippen molar-refractivity contribution in [2.75, 3.05) is 13.7 Å². The maximum Gasteiger partial charge on any atom is 0.349 e. The minimum absolute atomic E-state index is 0.186. The third kappa shape index (κ3) is 5.61. The Labute approximate surface area is 162 Å². The molecule has 1 amide bonds. The summed E-state index contributed by atoms with van der Waals surface area (Å²) in [5, 5.41) is 8.91. The van der Waals surface area contributed by atoms with Crippen LogP contribution in [-0.2, 0) is 9.59 Å². The number of primary amides is 1. The molecule has 0 saturated heterocycles. The Morgan fingerprint density at radius 1 is 1.11 bits per heavy atom. The highest BCUT2D eigenvalue weighted by atomic mass is 16.6. The molecule has 0 unspecified atom stereocenters. The number of nitrogens with zero attached hydrogens (tertiary/aromatic N) is 1. The molecule has 0 aliphatic carbocycles. The lowest BCUT2D eigenvalue weighted by atomic mass is 10.1. The summed E-state index contributed by atoms with van der Waals surface area (Å²) in [6.45, 7) is 3.61. The molecule has 0 bridgehead atoms. The van der Waals surface area contributed by atoms with Gasteiger partial charge in [-0.15, -0.1) is 0 Å². The van der Waals surface area contributed by atoms with Crippen molar-refractivity contribution in [2.24, 2.45) is 5.73 Å². The first kappa shape index (κ1) is 20.5. The van der Waals surface area contributed by atoms with Crippen LogP contribution in [-0.4, -0.2) is 25.6 Å².